The van der Waals surface area contributed by atoms with Crippen LogP contribution in [0.2, 0.25) is 0 Å². The van der Waals surface area contributed by atoms with E-state index in [2.05, 4.69) is 35.6 Å². The lowest BCUT2D eigenvalue weighted by Crippen LogP contribution is -1.92. The van der Waals surface area contributed by atoms with Crippen LogP contribution in [0.3, 0.4) is 0 Å². The molecule has 0 amide bonds. The van der Waals surface area contributed by atoms with Crippen LogP contribution in [-0.4, -0.2) is 4.43 Å². The summed E-state index contributed by atoms with van der Waals surface area (Å²) in [7, 11) is 0. The first-order valence-corrected chi connectivity index (χ1v) is 4.62. The molecule has 0 aliphatic heterocycles. The second-order valence-corrected chi connectivity index (χ2v) is 3.15. The summed E-state index contributed by atoms with van der Waals surface area (Å²) in [5, 5.41) is 0. The van der Waals surface area contributed by atoms with Crippen molar-refractivity contribution in [2.45, 2.75) is 19.8 Å². The van der Waals surface area contributed by atoms with Gasteiger partial charge in [0.15, 0.2) is 0 Å². The molecule has 0 radical (unpaired) electrons. The molecule has 8 heavy (non-hydrogen) atoms. The largest absolute Gasteiger partial charge is 0.0843 e. The molecule has 1 heteroatoms. The monoisotopic (exact) mass is 222 g/mol. The maximum atomic E-state index is 2.44. The van der Waals surface area contributed by atoms with E-state index in [0.717, 1.165) is 5.92 Å². The Hall–Kier alpha value is 0.470. The minimum Gasteiger partial charge on any atom is -0.0843 e. The lowest BCUT2D eigenvalue weighted by molar-refractivity contribution is 0.673. The van der Waals surface area contributed by atoms with Crippen molar-refractivity contribution in [1.29, 1.82) is 0 Å². The Morgan fingerprint density at radius 3 is 2.88 bits per heavy atom. The summed E-state index contributed by atoms with van der Waals surface area (Å²) >= 11 is 2.44. The van der Waals surface area contributed by atoms with Crippen LogP contribution in [0.1, 0.15) is 19.8 Å². The topological polar surface area (TPSA) is 0 Å². The lowest BCUT2D eigenvalue weighted by Gasteiger charge is -2.02. The van der Waals surface area contributed by atoms with Crippen molar-refractivity contribution < 1.29 is 0 Å². The average Bonchev–Trinajstić information content (AvgIpc) is 2.14. The molecular formula is C7H11I. The van der Waals surface area contributed by atoms with Crippen LogP contribution >= 0.6 is 22.6 Å². The van der Waals surface area contributed by atoms with Gasteiger partial charge >= 0.3 is 0 Å². The maximum Gasteiger partial charge on any atom is 0.0208 e. The van der Waals surface area contributed by atoms with Gasteiger partial charge < -0.3 is 0 Å². The van der Waals surface area contributed by atoms with Crippen LogP contribution < -0.4 is 0 Å². The fourth-order valence-electron chi connectivity index (χ4n) is 1.09. The fourth-order valence-corrected chi connectivity index (χ4v) is 2.15. The van der Waals surface area contributed by atoms with E-state index in [1.807, 2.05) is 0 Å². The highest BCUT2D eigenvalue weighted by molar-refractivity contribution is 14.1. The van der Waals surface area contributed by atoms with Crippen molar-refractivity contribution >= 4 is 22.6 Å². The van der Waals surface area contributed by atoms with Crippen molar-refractivity contribution in [3.05, 3.63) is 11.6 Å². The van der Waals surface area contributed by atoms with E-state index in [1.54, 1.807) is 5.57 Å². The van der Waals surface area contributed by atoms with Gasteiger partial charge in [0.05, 0.1) is 0 Å². The molecule has 0 spiro atoms. The highest BCUT2D eigenvalue weighted by Gasteiger charge is 2.11. The number of alkyl halides is 1. The van der Waals surface area contributed by atoms with Gasteiger partial charge in [0.25, 0.3) is 0 Å². The Morgan fingerprint density at radius 1 is 1.88 bits per heavy atom. The molecule has 0 nitrogen and oxygen atoms in total. The molecule has 0 bridgehead atoms. The zero-order valence-electron chi connectivity index (χ0n) is 5.15. The highest BCUT2D eigenvalue weighted by Crippen LogP contribution is 2.25. The standard InChI is InChI=1S/C7H11I/c1-6-3-2-4-7(6)5-8/h4,6H,2-3,5H2,1H3. The van der Waals surface area contributed by atoms with Crippen LogP contribution in [0, 0.1) is 5.92 Å². The molecule has 0 aromatic carbocycles. The molecule has 0 aromatic heterocycles. The van der Waals surface area contributed by atoms with E-state index in [1.165, 1.54) is 17.3 Å². The molecule has 0 fully saturated rings. The lowest BCUT2D eigenvalue weighted by atomic mass is 10.1. The quantitative estimate of drug-likeness (QED) is 0.363. The average molecular weight is 222 g/mol. The van der Waals surface area contributed by atoms with Crippen molar-refractivity contribution in [3.63, 3.8) is 0 Å². The second kappa shape index (κ2) is 2.85. The van der Waals surface area contributed by atoms with Gasteiger partial charge in [-0.1, -0.05) is 41.2 Å². The first kappa shape index (κ1) is 6.59. The molecule has 0 heterocycles. The van der Waals surface area contributed by atoms with Gasteiger partial charge in [0.1, 0.15) is 0 Å². The minimum atomic E-state index is 0.881. The Balaban J connectivity index is 2.49. The molecule has 0 saturated carbocycles. The summed E-state index contributed by atoms with van der Waals surface area (Å²) in [4.78, 5) is 0. The maximum absolute atomic E-state index is 2.44. The molecule has 1 aliphatic rings. The van der Waals surface area contributed by atoms with Gasteiger partial charge in [-0.05, 0) is 18.8 Å². The normalized spacial score (nSPS) is 28.2. The third-order valence-electron chi connectivity index (χ3n) is 1.79. The number of halogens is 1. The van der Waals surface area contributed by atoms with Gasteiger partial charge in [0, 0.05) is 4.43 Å². The summed E-state index contributed by atoms with van der Waals surface area (Å²) < 4.78 is 1.24. The van der Waals surface area contributed by atoms with E-state index in [0.29, 0.717) is 0 Å². The third kappa shape index (κ3) is 1.24. The van der Waals surface area contributed by atoms with E-state index in [9.17, 15) is 0 Å². The van der Waals surface area contributed by atoms with Gasteiger partial charge in [-0.2, -0.15) is 0 Å². The number of allylic oxidation sites excluding steroid dienone is 2. The fraction of sp³-hybridized carbons (Fsp3) is 0.714. The van der Waals surface area contributed by atoms with Crippen molar-refractivity contribution in [2.24, 2.45) is 5.92 Å². The highest BCUT2D eigenvalue weighted by atomic mass is 127. The Morgan fingerprint density at radius 2 is 2.62 bits per heavy atom. The zero-order chi connectivity index (χ0) is 5.98. The minimum absolute atomic E-state index is 0.881. The molecule has 1 atom stereocenters. The molecule has 1 aliphatic carbocycles. The summed E-state index contributed by atoms with van der Waals surface area (Å²) in [6.07, 6.45) is 5.09. The molecule has 0 saturated heterocycles. The Bertz CT molecular complexity index is 105. The molecule has 0 aromatic rings. The van der Waals surface area contributed by atoms with Crippen molar-refractivity contribution in [1.82, 2.24) is 0 Å². The SMILES string of the molecule is CC1CCC=C1CI. The Labute approximate surface area is 64.5 Å². The molecule has 0 N–H and O–H groups in total. The van der Waals surface area contributed by atoms with Gasteiger partial charge in [0.2, 0.25) is 0 Å². The van der Waals surface area contributed by atoms with Crippen molar-refractivity contribution in [2.75, 3.05) is 4.43 Å². The molecule has 1 rings (SSSR count). The smallest absolute Gasteiger partial charge is 0.0208 e. The van der Waals surface area contributed by atoms with Gasteiger partial charge in [-0.3, -0.25) is 0 Å². The first-order valence-electron chi connectivity index (χ1n) is 3.09. The molecule has 1 unspecified atom stereocenters. The third-order valence-corrected chi connectivity index (χ3v) is 2.67. The van der Waals surface area contributed by atoms with Crippen LogP contribution in [0.25, 0.3) is 0 Å². The summed E-state index contributed by atoms with van der Waals surface area (Å²) in [5.41, 5.74) is 1.66. The van der Waals surface area contributed by atoms with Gasteiger partial charge in [-0.25, -0.2) is 0 Å². The summed E-state index contributed by atoms with van der Waals surface area (Å²) in [6.45, 7) is 2.32. The van der Waals surface area contributed by atoms with E-state index in [4.69, 9.17) is 0 Å². The number of hydrogen-bond acceptors (Lipinski definition) is 0. The predicted octanol–water partition coefficient (Wildman–Crippen LogP) is 2.78. The predicted molar refractivity (Wildman–Crippen MR) is 45.4 cm³/mol. The van der Waals surface area contributed by atoms with Crippen LogP contribution in [0.4, 0.5) is 0 Å². The summed E-state index contributed by atoms with van der Waals surface area (Å²) in [5.74, 6) is 0.881. The van der Waals surface area contributed by atoms with Crippen LogP contribution in [0.5, 0.6) is 0 Å². The molecular weight excluding hydrogens is 211 g/mol. The zero-order valence-corrected chi connectivity index (χ0v) is 7.31. The van der Waals surface area contributed by atoms with Gasteiger partial charge in [-0.15, -0.1) is 0 Å². The van der Waals surface area contributed by atoms with Crippen molar-refractivity contribution in [3.8, 4) is 0 Å². The van der Waals surface area contributed by atoms with E-state index < -0.39 is 0 Å². The number of hydrogen-bond donors (Lipinski definition) is 0. The Kier molecular flexibility index (Phi) is 2.35. The molecule has 46 valence electrons. The second-order valence-electron chi connectivity index (χ2n) is 2.39. The van der Waals surface area contributed by atoms with Crippen LogP contribution in [-0.2, 0) is 0 Å². The first-order chi connectivity index (χ1) is 3.84. The van der Waals surface area contributed by atoms with Crippen LogP contribution in [0.15, 0.2) is 11.6 Å². The summed E-state index contributed by atoms with van der Waals surface area (Å²) in [6, 6.07) is 0. The van der Waals surface area contributed by atoms with E-state index in [-0.39, 0.29) is 0 Å². The van der Waals surface area contributed by atoms with E-state index >= 15 is 0 Å². The number of rotatable bonds is 1.